The molecular formula is C22H35N3O4S. The van der Waals surface area contributed by atoms with Crippen molar-refractivity contribution in [3.05, 3.63) is 0 Å². The maximum atomic E-state index is 13.8. The topological polar surface area (TPSA) is 98.7 Å². The van der Waals surface area contributed by atoms with E-state index in [1.54, 1.807) is 23.7 Å². The molecule has 3 N–H and O–H groups in total. The number of likely N-dealkylation sites (tertiary alicyclic amines) is 1. The van der Waals surface area contributed by atoms with Crippen LogP contribution in [0.4, 0.5) is 0 Å². The van der Waals surface area contributed by atoms with Gasteiger partial charge in [0.15, 0.2) is 0 Å². The van der Waals surface area contributed by atoms with Crippen molar-refractivity contribution in [2.45, 2.75) is 86.9 Å². The number of fused-ring (bicyclic) bond motifs is 1. The fraction of sp³-hybridized carbons (Fsp3) is 0.864. The molecule has 3 aliphatic heterocycles. The normalized spacial score (nSPS) is 39.1. The lowest BCUT2D eigenvalue weighted by Gasteiger charge is -2.40. The Morgan fingerprint density at radius 2 is 1.97 bits per heavy atom. The van der Waals surface area contributed by atoms with Crippen LogP contribution < -0.4 is 10.6 Å². The number of aliphatic hydroxyl groups excluding tert-OH is 1. The van der Waals surface area contributed by atoms with Gasteiger partial charge in [-0.3, -0.25) is 14.4 Å². The lowest BCUT2D eigenvalue weighted by Crippen LogP contribution is -2.59. The van der Waals surface area contributed by atoms with E-state index in [0.717, 1.165) is 32.1 Å². The first kappa shape index (κ1) is 21.9. The van der Waals surface area contributed by atoms with Gasteiger partial charge >= 0.3 is 0 Å². The molecule has 0 aromatic rings. The van der Waals surface area contributed by atoms with E-state index >= 15 is 0 Å². The highest BCUT2D eigenvalue weighted by atomic mass is 32.2. The number of nitrogens with one attached hydrogen (secondary N) is 2. The molecule has 0 radical (unpaired) electrons. The van der Waals surface area contributed by atoms with E-state index < -0.39 is 28.7 Å². The second-order valence-corrected chi connectivity index (χ2v) is 11.0. The average molecular weight is 438 g/mol. The number of amides is 3. The predicted molar refractivity (Wildman–Crippen MR) is 116 cm³/mol. The fourth-order valence-corrected chi connectivity index (χ4v) is 8.97. The Labute approximate surface area is 183 Å². The molecule has 7 atom stereocenters. The maximum Gasteiger partial charge on any atom is 0.244 e. The lowest BCUT2D eigenvalue weighted by atomic mass is 9.66. The summed E-state index contributed by atoms with van der Waals surface area (Å²) in [7, 11) is 1.61. The van der Waals surface area contributed by atoms with Crippen molar-refractivity contribution < 1.29 is 19.5 Å². The summed E-state index contributed by atoms with van der Waals surface area (Å²) in [5, 5.41) is 16.1. The molecule has 0 aromatic carbocycles. The highest BCUT2D eigenvalue weighted by molar-refractivity contribution is 8.02. The summed E-state index contributed by atoms with van der Waals surface area (Å²) in [4.78, 5) is 41.9. The monoisotopic (exact) mass is 437 g/mol. The number of thioether (sulfide) groups is 1. The van der Waals surface area contributed by atoms with Crippen LogP contribution in [0.3, 0.4) is 0 Å². The van der Waals surface area contributed by atoms with Crippen LogP contribution in [-0.2, 0) is 14.4 Å². The number of rotatable bonds is 6. The molecule has 4 fully saturated rings. The zero-order valence-corrected chi connectivity index (χ0v) is 19.0. The van der Waals surface area contributed by atoms with Crippen molar-refractivity contribution in [1.29, 1.82) is 0 Å². The van der Waals surface area contributed by atoms with E-state index in [0.29, 0.717) is 6.42 Å². The molecule has 4 aliphatic rings. The number of aliphatic hydroxyl groups is 1. The average Bonchev–Trinajstić information content (AvgIpc) is 3.33. The molecule has 4 rings (SSSR count). The first-order chi connectivity index (χ1) is 14.4. The van der Waals surface area contributed by atoms with Gasteiger partial charge in [-0.25, -0.2) is 0 Å². The summed E-state index contributed by atoms with van der Waals surface area (Å²) in [5.41, 5.74) is 0. The van der Waals surface area contributed by atoms with Crippen molar-refractivity contribution in [3.8, 4) is 0 Å². The highest BCUT2D eigenvalue weighted by Crippen LogP contribution is 2.68. The summed E-state index contributed by atoms with van der Waals surface area (Å²) < 4.78 is -0.597. The number of hydrogen-bond donors (Lipinski definition) is 3. The zero-order chi connectivity index (χ0) is 21.6. The molecule has 1 aliphatic carbocycles. The van der Waals surface area contributed by atoms with E-state index in [9.17, 15) is 19.5 Å². The van der Waals surface area contributed by atoms with E-state index in [4.69, 9.17) is 0 Å². The molecule has 3 amide bonds. The van der Waals surface area contributed by atoms with Gasteiger partial charge in [-0.05, 0) is 31.6 Å². The Balaban J connectivity index is 1.73. The van der Waals surface area contributed by atoms with E-state index in [1.165, 1.54) is 6.42 Å². The highest BCUT2D eigenvalue weighted by Gasteiger charge is 2.76. The fourth-order valence-electron chi connectivity index (χ4n) is 6.56. The van der Waals surface area contributed by atoms with Gasteiger partial charge in [-0.1, -0.05) is 33.1 Å². The van der Waals surface area contributed by atoms with Gasteiger partial charge in [0, 0.05) is 18.3 Å². The second kappa shape index (κ2) is 8.34. The molecule has 0 aromatic heterocycles. The smallest absolute Gasteiger partial charge is 0.244 e. The van der Waals surface area contributed by atoms with Crippen molar-refractivity contribution in [1.82, 2.24) is 15.5 Å². The third-order valence-corrected chi connectivity index (χ3v) is 10.1. The molecule has 8 heteroatoms. The minimum Gasteiger partial charge on any atom is -0.394 e. The number of carbonyl (C=O) groups is 3. The van der Waals surface area contributed by atoms with Crippen LogP contribution in [0.1, 0.15) is 58.8 Å². The Morgan fingerprint density at radius 1 is 1.27 bits per heavy atom. The SMILES string of the molecule is CC[C@@H](CO)N1C(=O)[C@@H]2[C@@H](C(=O)NC)[C@H]3CC(C)C2(S3)C1C(=O)NC1CCCCC1. The van der Waals surface area contributed by atoms with Crippen LogP contribution in [0, 0.1) is 17.8 Å². The van der Waals surface area contributed by atoms with Crippen molar-refractivity contribution >= 4 is 29.5 Å². The minimum atomic E-state index is -0.631. The Hall–Kier alpha value is -1.28. The molecule has 1 saturated carbocycles. The summed E-state index contributed by atoms with van der Waals surface area (Å²) in [6, 6.07) is -0.882. The van der Waals surface area contributed by atoms with E-state index in [1.807, 2.05) is 6.92 Å². The van der Waals surface area contributed by atoms with Crippen LogP contribution >= 0.6 is 11.8 Å². The number of carbonyl (C=O) groups excluding carboxylic acids is 3. The summed E-state index contributed by atoms with van der Waals surface area (Å²) in [6.07, 6.45) is 6.81. The van der Waals surface area contributed by atoms with Crippen molar-refractivity contribution in [3.63, 3.8) is 0 Å². The molecule has 3 saturated heterocycles. The molecule has 3 unspecified atom stereocenters. The summed E-state index contributed by atoms with van der Waals surface area (Å²) >= 11 is 1.69. The molecule has 168 valence electrons. The van der Waals surface area contributed by atoms with Gasteiger partial charge in [0.1, 0.15) is 6.04 Å². The third kappa shape index (κ3) is 3.08. The van der Waals surface area contributed by atoms with E-state index in [-0.39, 0.29) is 41.5 Å². The Kier molecular flexibility index (Phi) is 6.10. The summed E-state index contributed by atoms with van der Waals surface area (Å²) in [6.45, 7) is 3.88. The lowest BCUT2D eigenvalue weighted by molar-refractivity contribution is -0.143. The molecule has 30 heavy (non-hydrogen) atoms. The van der Waals surface area contributed by atoms with Crippen LogP contribution in [-0.4, -0.2) is 69.5 Å². The van der Waals surface area contributed by atoms with Gasteiger partial charge in [0.2, 0.25) is 17.7 Å². The maximum absolute atomic E-state index is 13.8. The summed E-state index contributed by atoms with van der Waals surface area (Å²) in [5.74, 6) is -1.08. The standard InChI is InChI=1S/C22H35N3O4S/c1-4-14(11-26)25-18(20(28)24-13-8-6-5-7-9-13)22-12(2)10-15(30-22)16(19(27)23-3)17(22)21(25)29/h12-18,26H,4-11H2,1-3H3,(H,23,27)(H,24,28)/t12?,14-,15+,16-,17-,18?,22?/m0/s1. The molecular weight excluding hydrogens is 402 g/mol. The third-order valence-electron chi connectivity index (χ3n) is 8.01. The largest absolute Gasteiger partial charge is 0.394 e. The van der Waals surface area contributed by atoms with Crippen molar-refractivity contribution in [2.24, 2.45) is 17.8 Å². The Bertz CT molecular complexity index is 708. The predicted octanol–water partition coefficient (Wildman–Crippen LogP) is 1.29. The first-order valence-corrected chi connectivity index (χ1v) is 12.4. The Morgan fingerprint density at radius 3 is 2.57 bits per heavy atom. The first-order valence-electron chi connectivity index (χ1n) is 11.5. The van der Waals surface area contributed by atoms with Gasteiger partial charge < -0.3 is 20.6 Å². The molecule has 1 spiro atoms. The van der Waals surface area contributed by atoms with Gasteiger partial charge in [0.25, 0.3) is 0 Å². The molecule has 3 heterocycles. The van der Waals surface area contributed by atoms with Crippen LogP contribution in [0.2, 0.25) is 0 Å². The van der Waals surface area contributed by atoms with Crippen LogP contribution in [0.15, 0.2) is 0 Å². The van der Waals surface area contributed by atoms with Gasteiger partial charge in [0.05, 0.1) is 29.2 Å². The second-order valence-electron chi connectivity index (χ2n) is 9.50. The van der Waals surface area contributed by atoms with Crippen molar-refractivity contribution in [2.75, 3.05) is 13.7 Å². The van der Waals surface area contributed by atoms with E-state index in [2.05, 4.69) is 17.6 Å². The van der Waals surface area contributed by atoms with Gasteiger partial charge in [-0.2, -0.15) is 0 Å². The number of hydrogen-bond acceptors (Lipinski definition) is 5. The van der Waals surface area contributed by atoms with Crippen LogP contribution in [0.25, 0.3) is 0 Å². The minimum absolute atomic E-state index is 0.0650. The molecule has 7 nitrogen and oxygen atoms in total. The molecule has 2 bridgehead atoms. The number of nitrogens with zero attached hydrogens (tertiary/aromatic N) is 1. The van der Waals surface area contributed by atoms with Crippen LogP contribution in [0.5, 0.6) is 0 Å². The van der Waals surface area contributed by atoms with Gasteiger partial charge in [-0.15, -0.1) is 11.8 Å². The quantitative estimate of drug-likeness (QED) is 0.582. The zero-order valence-electron chi connectivity index (χ0n) is 18.2.